The average Bonchev–Trinajstić information content (AvgIpc) is 2.79. The van der Waals surface area contributed by atoms with Crippen LogP contribution >= 0.6 is 0 Å². The first-order chi connectivity index (χ1) is 9.28. The second-order valence-corrected chi connectivity index (χ2v) is 4.43. The Labute approximate surface area is 110 Å². The third kappa shape index (κ3) is 2.06. The number of urea groups is 1. The van der Waals surface area contributed by atoms with Crippen molar-refractivity contribution in [3.8, 4) is 6.07 Å². The lowest BCUT2D eigenvalue weighted by atomic mass is 9.89. The van der Waals surface area contributed by atoms with Crippen LogP contribution in [0, 0.1) is 11.3 Å². The quantitative estimate of drug-likeness (QED) is 0.874. The van der Waals surface area contributed by atoms with Crippen molar-refractivity contribution < 1.29 is 4.79 Å². The molecule has 0 radical (unpaired) electrons. The highest BCUT2D eigenvalue weighted by molar-refractivity contribution is 6.19. The van der Waals surface area contributed by atoms with Crippen LogP contribution in [0.2, 0.25) is 0 Å². The standard InChI is InChI=1S/C15H11N3O/c16-8-7-10-3-1-2-4-12(10)11-5-6-13-14(9-11)18-15(19)17-13/h1-6,9,11H,7H2,(H,18,19). The van der Waals surface area contributed by atoms with Gasteiger partial charge in [0.2, 0.25) is 0 Å². The van der Waals surface area contributed by atoms with E-state index in [1.807, 2.05) is 42.5 Å². The van der Waals surface area contributed by atoms with E-state index >= 15 is 0 Å². The Morgan fingerprint density at radius 2 is 2.21 bits per heavy atom. The van der Waals surface area contributed by atoms with E-state index < -0.39 is 0 Å². The monoisotopic (exact) mass is 249 g/mol. The highest BCUT2D eigenvalue weighted by Crippen LogP contribution is 2.28. The summed E-state index contributed by atoms with van der Waals surface area (Å²) in [5.74, 6) is 0.0666. The van der Waals surface area contributed by atoms with Crippen LogP contribution in [0.1, 0.15) is 17.0 Å². The molecule has 19 heavy (non-hydrogen) atoms. The number of carbonyl (C=O) groups is 1. The van der Waals surface area contributed by atoms with Gasteiger partial charge in [-0.3, -0.25) is 0 Å². The molecule has 0 aromatic heterocycles. The van der Waals surface area contributed by atoms with Crippen LogP contribution in [-0.2, 0) is 6.42 Å². The van der Waals surface area contributed by atoms with Gasteiger partial charge in [-0.1, -0.05) is 30.3 Å². The van der Waals surface area contributed by atoms with Crippen LogP contribution in [-0.4, -0.2) is 11.7 Å². The maximum absolute atomic E-state index is 11.2. The zero-order chi connectivity index (χ0) is 13.2. The molecule has 1 atom stereocenters. The largest absolute Gasteiger partial charge is 0.346 e. The maximum Gasteiger partial charge on any atom is 0.346 e. The fourth-order valence-corrected chi connectivity index (χ4v) is 2.36. The zero-order valence-electron chi connectivity index (χ0n) is 10.1. The smallest absolute Gasteiger partial charge is 0.304 e. The molecule has 1 unspecified atom stereocenters. The number of hydrogen-bond acceptors (Lipinski definition) is 2. The molecule has 1 aromatic rings. The molecule has 0 spiro atoms. The van der Waals surface area contributed by atoms with Gasteiger partial charge in [-0.05, 0) is 23.3 Å². The Hall–Kier alpha value is -2.67. The summed E-state index contributed by atoms with van der Waals surface area (Å²) in [4.78, 5) is 15.1. The minimum atomic E-state index is -0.322. The van der Waals surface area contributed by atoms with E-state index in [-0.39, 0.29) is 11.9 Å². The fraction of sp³-hybridized carbons (Fsp3) is 0.133. The summed E-state index contributed by atoms with van der Waals surface area (Å²) in [6.45, 7) is 0. The summed E-state index contributed by atoms with van der Waals surface area (Å²) >= 11 is 0. The number of fused-ring (bicyclic) bond motifs is 1. The molecule has 4 nitrogen and oxygen atoms in total. The summed E-state index contributed by atoms with van der Waals surface area (Å²) in [6, 6.07) is 9.72. The van der Waals surface area contributed by atoms with E-state index in [1.165, 1.54) is 0 Å². The number of aliphatic imine (C=N–C) groups is 1. The van der Waals surface area contributed by atoms with Crippen LogP contribution in [0.15, 0.2) is 53.2 Å². The minimum absolute atomic E-state index is 0.0666. The molecule has 2 amide bonds. The molecule has 0 bridgehead atoms. The van der Waals surface area contributed by atoms with Gasteiger partial charge in [0.25, 0.3) is 0 Å². The SMILES string of the molecule is N#CCc1ccccc1C1C=CC2=NC(=O)NC2=C1. The number of hydrogen-bond donors (Lipinski definition) is 1. The molecule has 0 fully saturated rings. The second-order valence-electron chi connectivity index (χ2n) is 4.43. The van der Waals surface area contributed by atoms with Crippen molar-refractivity contribution >= 4 is 11.7 Å². The first-order valence-electron chi connectivity index (χ1n) is 6.03. The highest BCUT2D eigenvalue weighted by Gasteiger charge is 2.23. The van der Waals surface area contributed by atoms with Crippen LogP contribution in [0.25, 0.3) is 0 Å². The van der Waals surface area contributed by atoms with Crippen molar-refractivity contribution in [2.75, 3.05) is 0 Å². The number of nitrogens with one attached hydrogen (secondary N) is 1. The molecule has 1 aliphatic heterocycles. The zero-order valence-corrected chi connectivity index (χ0v) is 10.1. The molecule has 1 heterocycles. The van der Waals surface area contributed by atoms with Crippen molar-refractivity contribution in [2.45, 2.75) is 12.3 Å². The van der Waals surface area contributed by atoms with Crippen LogP contribution in [0.5, 0.6) is 0 Å². The summed E-state index contributed by atoms with van der Waals surface area (Å²) in [7, 11) is 0. The molecule has 1 N–H and O–H groups in total. The average molecular weight is 249 g/mol. The summed E-state index contributed by atoms with van der Waals surface area (Å²) in [5, 5.41) is 11.6. The van der Waals surface area contributed by atoms with Gasteiger partial charge in [-0.15, -0.1) is 0 Å². The van der Waals surface area contributed by atoms with E-state index in [0.29, 0.717) is 12.1 Å². The lowest BCUT2D eigenvalue weighted by molar-refractivity contribution is 0.253. The van der Waals surface area contributed by atoms with E-state index in [1.54, 1.807) is 0 Å². The number of rotatable bonds is 2. The molecular weight excluding hydrogens is 238 g/mol. The Balaban J connectivity index is 1.98. The van der Waals surface area contributed by atoms with Crippen LogP contribution in [0.4, 0.5) is 4.79 Å². The van der Waals surface area contributed by atoms with E-state index in [4.69, 9.17) is 5.26 Å². The third-order valence-electron chi connectivity index (χ3n) is 3.23. The Kier molecular flexibility index (Phi) is 2.73. The van der Waals surface area contributed by atoms with Gasteiger partial charge in [0.15, 0.2) is 0 Å². The van der Waals surface area contributed by atoms with Crippen LogP contribution < -0.4 is 5.32 Å². The predicted octanol–water partition coefficient (Wildman–Crippen LogP) is 2.45. The topological polar surface area (TPSA) is 65.2 Å². The number of benzene rings is 1. The second kappa shape index (κ2) is 4.54. The lowest BCUT2D eigenvalue weighted by Gasteiger charge is -2.17. The van der Waals surface area contributed by atoms with Crippen molar-refractivity contribution in [2.24, 2.45) is 4.99 Å². The van der Waals surface area contributed by atoms with Crippen molar-refractivity contribution in [1.29, 1.82) is 5.26 Å². The lowest BCUT2D eigenvalue weighted by Crippen LogP contribution is -2.17. The van der Waals surface area contributed by atoms with E-state index in [0.717, 1.165) is 16.8 Å². The molecule has 3 rings (SSSR count). The summed E-state index contributed by atoms with van der Waals surface area (Å²) in [5.41, 5.74) is 3.54. The third-order valence-corrected chi connectivity index (χ3v) is 3.23. The molecule has 1 aliphatic carbocycles. The van der Waals surface area contributed by atoms with Gasteiger partial charge < -0.3 is 5.32 Å². The molecule has 1 aromatic carbocycles. The van der Waals surface area contributed by atoms with Gasteiger partial charge in [-0.2, -0.15) is 10.3 Å². The first kappa shape index (κ1) is 11.4. The van der Waals surface area contributed by atoms with Gasteiger partial charge in [-0.25, -0.2) is 4.79 Å². The summed E-state index contributed by atoms with van der Waals surface area (Å²) in [6.07, 6.45) is 6.21. The number of allylic oxidation sites excluding steroid dienone is 3. The van der Waals surface area contributed by atoms with Gasteiger partial charge in [0.05, 0.1) is 23.9 Å². The molecular formula is C15H11N3O. The number of nitriles is 1. The Morgan fingerprint density at radius 3 is 3.05 bits per heavy atom. The van der Waals surface area contributed by atoms with Gasteiger partial charge in [0.1, 0.15) is 0 Å². The highest BCUT2D eigenvalue weighted by atomic mass is 16.2. The van der Waals surface area contributed by atoms with Crippen molar-refractivity contribution in [1.82, 2.24) is 5.32 Å². The molecule has 2 aliphatic rings. The predicted molar refractivity (Wildman–Crippen MR) is 71.7 cm³/mol. The molecule has 0 saturated heterocycles. The molecule has 0 saturated carbocycles. The van der Waals surface area contributed by atoms with Gasteiger partial charge in [0, 0.05) is 5.92 Å². The maximum atomic E-state index is 11.2. The molecule has 4 heteroatoms. The van der Waals surface area contributed by atoms with Crippen molar-refractivity contribution in [3.63, 3.8) is 0 Å². The number of amides is 2. The van der Waals surface area contributed by atoms with Gasteiger partial charge >= 0.3 is 6.03 Å². The fourth-order valence-electron chi connectivity index (χ4n) is 2.36. The minimum Gasteiger partial charge on any atom is -0.304 e. The van der Waals surface area contributed by atoms with Crippen molar-refractivity contribution in [3.05, 3.63) is 59.3 Å². The Morgan fingerprint density at radius 1 is 1.37 bits per heavy atom. The molecule has 92 valence electrons. The Bertz CT molecular complexity index is 677. The summed E-state index contributed by atoms with van der Waals surface area (Å²) < 4.78 is 0. The number of carbonyl (C=O) groups excluding carboxylic acids is 1. The number of nitrogens with zero attached hydrogens (tertiary/aromatic N) is 2. The van der Waals surface area contributed by atoms with Crippen LogP contribution in [0.3, 0.4) is 0 Å². The van der Waals surface area contributed by atoms with E-state index in [2.05, 4.69) is 16.4 Å². The van der Waals surface area contributed by atoms with E-state index in [9.17, 15) is 4.79 Å². The first-order valence-corrected chi connectivity index (χ1v) is 6.03. The normalized spacial score (nSPS) is 20.2.